The minimum absolute atomic E-state index is 0.172. The summed E-state index contributed by atoms with van der Waals surface area (Å²) in [6, 6.07) is 1.97. The zero-order chi connectivity index (χ0) is 13.7. The fraction of sp³-hybridized carbons (Fsp3) is 0.357. The minimum Gasteiger partial charge on any atom is -0.466 e. The van der Waals surface area contributed by atoms with Crippen molar-refractivity contribution in [2.24, 2.45) is 0 Å². The van der Waals surface area contributed by atoms with Crippen molar-refractivity contribution >= 4 is 17.3 Å². The van der Waals surface area contributed by atoms with E-state index in [1.54, 1.807) is 17.5 Å². The number of aromatic nitrogens is 2. The summed E-state index contributed by atoms with van der Waals surface area (Å²) in [5.74, 6) is -0.172. The van der Waals surface area contributed by atoms with E-state index in [0.29, 0.717) is 19.4 Å². The smallest absolute Gasteiger partial charge is 0.306 e. The minimum atomic E-state index is -0.172. The summed E-state index contributed by atoms with van der Waals surface area (Å²) < 4.78 is 4.90. The predicted molar refractivity (Wildman–Crippen MR) is 75.0 cm³/mol. The largest absolute Gasteiger partial charge is 0.466 e. The molecule has 0 unspecified atom stereocenters. The molecule has 2 aromatic rings. The van der Waals surface area contributed by atoms with Crippen LogP contribution in [0, 0.1) is 6.92 Å². The first-order valence-corrected chi connectivity index (χ1v) is 7.09. The summed E-state index contributed by atoms with van der Waals surface area (Å²) in [5.41, 5.74) is 3.13. The number of esters is 1. The van der Waals surface area contributed by atoms with Gasteiger partial charge in [-0.1, -0.05) is 0 Å². The van der Waals surface area contributed by atoms with Crippen LogP contribution < -0.4 is 0 Å². The molecule has 4 nitrogen and oxygen atoms in total. The van der Waals surface area contributed by atoms with Crippen LogP contribution in [-0.4, -0.2) is 22.5 Å². The molecule has 0 saturated heterocycles. The SMILES string of the molecule is CCOC(=O)CCc1csc(-c2cnccc2C)n1. The van der Waals surface area contributed by atoms with Crippen LogP contribution in [0.4, 0.5) is 0 Å². The van der Waals surface area contributed by atoms with Crippen molar-refractivity contribution in [3.05, 3.63) is 35.1 Å². The van der Waals surface area contributed by atoms with Crippen molar-refractivity contribution in [3.8, 4) is 10.6 Å². The first kappa shape index (κ1) is 13.7. The molecule has 19 heavy (non-hydrogen) atoms. The highest BCUT2D eigenvalue weighted by Crippen LogP contribution is 2.26. The van der Waals surface area contributed by atoms with Gasteiger partial charge in [0.1, 0.15) is 5.01 Å². The third kappa shape index (κ3) is 3.61. The van der Waals surface area contributed by atoms with Gasteiger partial charge in [0.05, 0.1) is 18.7 Å². The fourth-order valence-electron chi connectivity index (χ4n) is 1.70. The molecular weight excluding hydrogens is 260 g/mol. The molecule has 0 aliphatic carbocycles. The number of nitrogens with zero attached hydrogens (tertiary/aromatic N) is 2. The Labute approximate surface area is 116 Å². The summed E-state index contributed by atoms with van der Waals surface area (Å²) in [6.45, 7) is 4.27. The summed E-state index contributed by atoms with van der Waals surface area (Å²) in [6.07, 6.45) is 4.59. The summed E-state index contributed by atoms with van der Waals surface area (Å²) in [5, 5.41) is 2.94. The highest BCUT2D eigenvalue weighted by Gasteiger charge is 2.09. The Morgan fingerprint density at radius 1 is 1.47 bits per heavy atom. The zero-order valence-corrected chi connectivity index (χ0v) is 11.9. The number of aryl methyl sites for hydroxylation is 2. The topological polar surface area (TPSA) is 52.1 Å². The molecule has 100 valence electrons. The predicted octanol–water partition coefficient (Wildman–Crippen LogP) is 3.01. The normalized spacial score (nSPS) is 10.4. The van der Waals surface area contributed by atoms with Gasteiger partial charge in [0.2, 0.25) is 0 Å². The van der Waals surface area contributed by atoms with E-state index in [0.717, 1.165) is 21.8 Å². The van der Waals surface area contributed by atoms with Crippen molar-refractivity contribution in [1.29, 1.82) is 0 Å². The molecule has 0 radical (unpaired) electrons. The molecule has 2 heterocycles. The average molecular weight is 276 g/mol. The number of hydrogen-bond acceptors (Lipinski definition) is 5. The number of carbonyl (C=O) groups excluding carboxylic acids is 1. The van der Waals surface area contributed by atoms with Crippen molar-refractivity contribution in [2.45, 2.75) is 26.7 Å². The van der Waals surface area contributed by atoms with Gasteiger partial charge in [-0.05, 0) is 25.5 Å². The Morgan fingerprint density at radius 3 is 3.05 bits per heavy atom. The van der Waals surface area contributed by atoms with E-state index < -0.39 is 0 Å². The van der Waals surface area contributed by atoms with Gasteiger partial charge in [-0.15, -0.1) is 11.3 Å². The lowest BCUT2D eigenvalue weighted by Crippen LogP contribution is -2.05. The molecule has 0 saturated carbocycles. The van der Waals surface area contributed by atoms with Crippen LogP contribution in [0.3, 0.4) is 0 Å². The van der Waals surface area contributed by atoms with Crippen LogP contribution in [-0.2, 0) is 16.0 Å². The molecule has 2 rings (SSSR count). The van der Waals surface area contributed by atoms with E-state index in [-0.39, 0.29) is 5.97 Å². The molecule has 0 aliphatic rings. The quantitative estimate of drug-likeness (QED) is 0.788. The van der Waals surface area contributed by atoms with Crippen LogP contribution in [0.1, 0.15) is 24.6 Å². The zero-order valence-electron chi connectivity index (χ0n) is 11.0. The van der Waals surface area contributed by atoms with Gasteiger partial charge in [-0.3, -0.25) is 9.78 Å². The summed E-state index contributed by atoms with van der Waals surface area (Å²) >= 11 is 1.58. The molecule has 0 N–H and O–H groups in total. The Balaban J connectivity index is 2.04. The second-order valence-corrected chi connectivity index (χ2v) is 5.00. The molecule has 0 aliphatic heterocycles. The molecule has 2 aromatic heterocycles. The van der Waals surface area contributed by atoms with Crippen LogP contribution in [0.25, 0.3) is 10.6 Å². The van der Waals surface area contributed by atoms with Crippen LogP contribution >= 0.6 is 11.3 Å². The van der Waals surface area contributed by atoms with Gasteiger partial charge >= 0.3 is 5.97 Å². The number of ether oxygens (including phenoxy) is 1. The first-order chi connectivity index (χ1) is 9.20. The fourth-order valence-corrected chi connectivity index (χ4v) is 2.63. The number of carbonyl (C=O) groups is 1. The average Bonchev–Trinajstić information content (AvgIpc) is 2.86. The molecular formula is C14H16N2O2S. The van der Waals surface area contributed by atoms with Crippen LogP contribution in [0.5, 0.6) is 0 Å². The van der Waals surface area contributed by atoms with E-state index in [1.165, 1.54) is 0 Å². The Hall–Kier alpha value is -1.75. The molecule has 0 aromatic carbocycles. The summed E-state index contributed by atoms with van der Waals surface area (Å²) in [4.78, 5) is 20.0. The third-order valence-electron chi connectivity index (χ3n) is 2.71. The van der Waals surface area contributed by atoms with Crippen molar-refractivity contribution < 1.29 is 9.53 Å². The van der Waals surface area contributed by atoms with E-state index in [1.807, 2.05) is 31.5 Å². The Morgan fingerprint density at radius 2 is 2.32 bits per heavy atom. The third-order valence-corrected chi connectivity index (χ3v) is 3.64. The van der Waals surface area contributed by atoms with Gasteiger partial charge < -0.3 is 4.74 Å². The van der Waals surface area contributed by atoms with Crippen molar-refractivity contribution in [2.75, 3.05) is 6.61 Å². The molecule has 0 atom stereocenters. The van der Waals surface area contributed by atoms with Crippen LogP contribution in [0.15, 0.2) is 23.8 Å². The molecule has 0 spiro atoms. The Bertz CT molecular complexity index is 566. The number of rotatable bonds is 5. The monoisotopic (exact) mass is 276 g/mol. The number of thiazole rings is 1. The second kappa shape index (κ2) is 6.43. The van der Waals surface area contributed by atoms with Gasteiger partial charge in [0.15, 0.2) is 0 Å². The molecule has 5 heteroatoms. The first-order valence-electron chi connectivity index (χ1n) is 6.21. The van der Waals surface area contributed by atoms with E-state index in [4.69, 9.17) is 4.74 Å². The lowest BCUT2D eigenvalue weighted by Gasteiger charge is -2.00. The second-order valence-electron chi connectivity index (χ2n) is 4.14. The maximum atomic E-state index is 11.3. The van der Waals surface area contributed by atoms with Crippen molar-refractivity contribution in [1.82, 2.24) is 9.97 Å². The van der Waals surface area contributed by atoms with Gasteiger partial charge in [-0.2, -0.15) is 0 Å². The summed E-state index contributed by atoms with van der Waals surface area (Å²) in [7, 11) is 0. The number of pyridine rings is 1. The highest BCUT2D eigenvalue weighted by molar-refractivity contribution is 7.13. The van der Waals surface area contributed by atoms with Crippen molar-refractivity contribution in [3.63, 3.8) is 0 Å². The Kier molecular flexibility index (Phi) is 4.63. The van der Waals surface area contributed by atoms with E-state index in [2.05, 4.69) is 9.97 Å². The van der Waals surface area contributed by atoms with Gasteiger partial charge in [0, 0.05) is 29.8 Å². The molecule has 0 bridgehead atoms. The maximum absolute atomic E-state index is 11.3. The van der Waals surface area contributed by atoms with Gasteiger partial charge in [-0.25, -0.2) is 4.98 Å². The lowest BCUT2D eigenvalue weighted by molar-refractivity contribution is -0.143. The standard InChI is InChI=1S/C14H16N2O2S/c1-3-18-13(17)5-4-11-9-19-14(16-11)12-8-15-7-6-10(12)2/h6-9H,3-5H2,1-2H3. The van der Waals surface area contributed by atoms with E-state index >= 15 is 0 Å². The number of hydrogen-bond donors (Lipinski definition) is 0. The molecule has 0 fully saturated rings. The van der Waals surface area contributed by atoms with Gasteiger partial charge in [0.25, 0.3) is 0 Å². The van der Waals surface area contributed by atoms with E-state index in [9.17, 15) is 4.79 Å². The molecule has 0 amide bonds. The van der Waals surface area contributed by atoms with Crippen LogP contribution in [0.2, 0.25) is 0 Å². The highest BCUT2D eigenvalue weighted by atomic mass is 32.1. The maximum Gasteiger partial charge on any atom is 0.306 e. The lowest BCUT2D eigenvalue weighted by atomic mass is 10.2.